The molecule has 1 saturated carbocycles. The number of rotatable bonds is 8. The second kappa shape index (κ2) is 8.97. The summed E-state index contributed by atoms with van der Waals surface area (Å²) in [5.74, 6) is 0.0145. The highest BCUT2D eigenvalue weighted by atomic mass is 19.1. The minimum Gasteiger partial charge on any atom is -0.493 e. The maximum atomic E-state index is 14.6. The summed E-state index contributed by atoms with van der Waals surface area (Å²) in [5.41, 5.74) is -0.308. The molecule has 6 heteroatoms. The zero-order valence-corrected chi connectivity index (χ0v) is 17.3. The smallest absolute Gasteiger partial charge is 0.168 e. The van der Waals surface area contributed by atoms with Gasteiger partial charge in [0.15, 0.2) is 17.3 Å². The third-order valence-corrected chi connectivity index (χ3v) is 6.22. The lowest BCUT2D eigenvalue weighted by Crippen LogP contribution is -2.47. The molecule has 2 fully saturated rings. The van der Waals surface area contributed by atoms with E-state index in [1.807, 2.05) is 6.92 Å². The Labute approximate surface area is 167 Å². The van der Waals surface area contributed by atoms with Gasteiger partial charge in [0.05, 0.1) is 32.5 Å². The molecule has 3 rings (SSSR count). The van der Waals surface area contributed by atoms with Crippen LogP contribution in [-0.4, -0.2) is 43.4 Å². The maximum absolute atomic E-state index is 14.6. The van der Waals surface area contributed by atoms with Crippen LogP contribution in [0.4, 0.5) is 4.39 Å². The van der Waals surface area contributed by atoms with Crippen molar-refractivity contribution in [2.75, 3.05) is 26.9 Å². The van der Waals surface area contributed by atoms with Crippen LogP contribution in [0.5, 0.6) is 11.5 Å². The molecule has 0 bridgehead atoms. The van der Waals surface area contributed by atoms with Crippen molar-refractivity contribution in [3.63, 3.8) is 0 Å². The van der Waals surface area contributed by atoms with Crippen molar-refractivity contribution >= 4 is 0 Å². The highest BCUT2D eigenvalue weighted by molar-refractivity contribution is 5.44. The molecule has 1 heterocycles. The van der Waals surface area contributed by atoms with E-state index in [1.54, 1.807) is 6.07 Å². The van der Waals surface area contributed by atoms with Gasteiger partial charge < -0.3 is 24.1 Å². The molecule has 28 heavy (non-hydrogen) atoms. The van der Waals surface area contributed by atoms with Gasteiger partial charge in [0, 0.05) is 18.9 Å². The SMILES string of the molecule is CCCCOc1cc(CC(C)C2(O)CCC3(CC2)OCCO3)c(F)cc1OC. The number of unbranched alkanes of at least 4 members (excludes halogenated alkanes) is 1. The van der Waals surface area contributed by atoms with Gasteiger partial charge in [-0.05, 0) is 43.2 Å². The molecule has 1 spiro atoms. The first-order valence-electron chi connectivity index (χ1n) is 10.4. The monoisotopic (exact) mass is 396 g/mol. The van der Waals surface area contributed by atoms with Gasteiger partial charge >= 0.3 is 0 Å². The fourth-order valence-electron chi connectivity index (χ4n) is 4.19. The fourth-order valence-corrected chi connectivity index (χ4v) is 4.19. The molecule has 0 amide bonds. The second-order valence-electron chi connectivity index (χ2n) is 8.11. The number of hydrogen-bond donors (Lipinski definition) is 1. The molecule has 0 radical (unpaired) electrons. The molecule has 1 N–H and O–H groups in total. The van der Waals surface area contributed by atoms with Crippen LogP contribution in [0.15, 0.2) is 12.1 Å². The van der Waals surface area contributed by atoms with E-state index in [1.165, 1.54) is 13.2 Å². The molecule has 0 aromatic heterocycles. The minimum atomic E-state index is -0.851. The van der Waals surface area contributed by atoms with Gasteiger partial charge in [0.2, 0.25) is 0 Å². The molecule has 1 atom stereocenters. The van der Waals surface area contributed by atoms with Crippen LogP contribution >= 0.6 is 0 Å². The molecule has 1 aliphatic heterocycles. The molecule has 1 aromatic rings. The van der Waals surface area contributed by atoms with Gasteiger partial charge in [-0.25, -0.2) is 4.39 Å². The lowest BCUT2D eigenvalue weighted by Gasteiger charge is -2.43. The van der Waals surface area contributed by atoms with Crippen LogP contribution in [0.2, 0.25) is 0 Å². The summed E-state index contributed by atoms with van der Waals surface area (Å²) in [5, 5.41) is 11.2. The third-order valence-electron chi connectivity index (χ3n) is 6.22. The molecule has 1 unspecified atom stereocenters. The van der Waals surface area contributed by atoms with Crippen molar-refractivity contribution in [3.05, 3.63) is 23.5 Å². The van der Waals surface area contributed by atoms with Gasteiger partial charge in [0.25, 0.3) is 0 Å². The number of ether oxygens (including phenoxy) is 4. The minimum absolute atomic E-state index is 0.0994. The first kappa shape index (κ1) is 21.3. The molecular weight excluding hydrogens is 363 g/mol. The molecule has 1 saturated heterocycles. The lowest BCUT2D eigenvalue weighted by molar-refractivity contribution is -0.209. The van der Waals surface area contributed by atoms with Crippen molar-refractivity contribution in [2.45, 2.75) is 70.2 Å². The summed E-state index contributed by atoms with van der Waals surface area (Å²) < 4.78 is 37.2. The van der Waals surface area contributed by atoms with Crippen molar-refractivity contribution in [1.82, 2.24) is 0 Å². The largest absolute Gasteiger partial charge is 0.493 e. The zero-order valence-electron chi connectivity index (χ0n) is 17.3. The van der Waals surface area contributed by atoms with Crippen molar-refractivity contribution < 1.29 is 28.4 Å². The quantitative estimate of drug-likeness (QED) is 0.666. The van der Waals surface area contributed by atoms with E-state index in [4.69, 9.17) is 18.9 Å². The Bertz CT molecular complexity index is 647. The average molecular weight is 396 g/mol. The molecular formula is C22H33FO5. The molecule has 5 nitrogen and oxygen atoms in total. The van der Waals surface area contributed by atoms with E-state index in [0.717, 1.165) is 12.8 Å². The summed E-state index contributed by atoms with van der Waals surface area (Å²) in [7, 11) is 1.51. The topological polar surface area (TPSA) is 57.2 Å². The van der Waals surface area contributed by atoms with E-state index in [9.17, 15) is 9.50 Å². The van der Waals surface area contributed by atoms with Crippen LogP contribution < -0.4 is 9.47 Å². The van der Waals surface area contributed by atoms with E-state index < -0.39 is 11.4 Å². The van der Waals surface area contributed by atoms with Gasteiger partial charge in [-0.1, -0.05) is 20.3 Å². The molecule has 2 aliphatic rings. The van der Waals surface area contributed by atoms with Crippen LogP contribution in [-0.2, 0) is 15.9 Å². The van der Waals surface area contributed by atoms with Crippen LogP contribution in [0.3, 0.4) is 0 Å². The molecule has 1 aromatic carbocycles. The van der Waals surface area contributed by atoms with Gasteiger partial charge in [0.1, 0.15) is 5.82 Å². The number of methoxy groups -OCH3 is 1. The highest BCUT2D eigenvalue weighted by Gasteiger charge is 2.47. The second-order valence-corrected chi connectivity index (χ2v) is 8.11. The number of aliphatic hydroxyl groups is 1. The standard InChI is InChI=1S/C22H33FO5/c1-4-5-10-26-20-14-17(18(23)15-19(20)25-3)13-16(2)21(24)6-8-22(9-7-21)27-11-12-28-22/h14-16,24H,4-13H2,1-3H3. The lowest BCUT2D eigenvalue weighted by atomic mass is 9.72. The van der Waals surface area contributed by atoms with Crippen LogP contribution in [0.25, 0.3) is 0 Å². The van der Waals surface area contributed by atoms with Crippen molar-refractivity contribution in [1.29, 1.82) is 0 Å². The predicted octanol–water partition coefficient (Wildman–Crippen LogP) is 4.24. The summed E-state index contributed by atoms with van der Waals surface area (Å²) in [6, 6.07) is 3.10. The average Bonchev–Trinajstić information content (AvgIpc) is 3.15. The van der Waals surface area contributed by atoms with Gasteiger partial charge in [-0.15, -0.1) is 0 Å². The Hall–Kier alpha value is -1.37. The Kier molecular flexibility index (Phi) is 6.84. The highest BCUT2D eigenvalue weighted by Crippen LogP contribution is 2.44. The predicted molar refractivity (Wildman–Crippen MR) is 104 cm³/mol. The summed E-state index contributed by atoms with van der Waals surface area (Å²) >= 11 is 0. The first-order valence-corrected chi connectivity index (χ1v) is 10.4. The Morgan fingerprint density at radius 2 is 1.82 bits per heavy atom. The summed E-state index contributed by atoms with van der Waals surface area (Å²) in [6.07, 6.45) is 4.91. The van der Waals surface area contributed by atoms with E-state index >= 15 is 0 Å². The first-order chi connectivity index (χ1) is 13.4. The Morgan fingerprint density at radius 3 is 2.43 bits per heavy atom. The fraction of sp³-hybridized carbons (Fsp3) is 0.727. The number of halogens is 1. The molecule has 1 aliphatic carbocycles. The maximum Gasteiger partial charge on any atom is 0.168 e. The van der Waals surface area contributed by atoms with Crippen LogP contribution in [0, 0.1) is 11.7 Å². The van der Waals surface area contributed by atoms with Gasteiger partial charge in [-0.2, -0.15) is 0 Å². The van der Waals surface area contributed by atoms with E-state index in [-0.39, 0.29) is 11.7 Å². The molecule has 158 valence electrons. The van der Waals surface area contributed by atoms with E-state index in [2.05, 4.69) is 6.92 Å². The van der Waals surface area contributed by atoms with Gasteiger partial charge in [-0.3, -0.25) is 0 Å². The van der Waals surface area contributed by atoms with Crippen LogP contribution in [0.1, 0.15) is 57.9 Å². The van der Waals surface area contributed by atoms with E-state index in [0.29, 0.717) is 69.0 Å². The number of benzene rings is 1. The summed E-state index contributed by atoms with van der Waals surface area (Å²) in [4.78, 5) is 0. The zero-order chi connectivity index (χ0) is 20.2. The summed E-state index contributed by atoms with van der Waals surface area (Å²) in [6.45, 7) is 5.88. The van der Waals surface area contributed by atoms with Crippen molar-refractivity contribution in [2.24, 2.45) is 5.92 Å². The van der Waals surface area contributed by atoms with Crippen molar-refractivity contribution in [3.8, 4) is 11.5 Å². The third kappa shape index (κ3) is 4.61. The number of hydrogen-bond acceptors (Lipinski definition) is 5. The normalized spacial score (nSPS) is 21.6. The Morgan fingerprint density at radius 1 is 1.14 bits per heavy atom. The Balaban J connectivity index is 1.68.